The summed E-state index contributed by atoms with van der Waals surface area (Å²) in [5.41, 5.74) is 7.84. The van der Waals surface area contributed by atoms with Crippen LogP contribution >= 0.6 is 0 Å². The highest BCUT2D eigenvalue weighted by molar-refractivity contribution is 5.32. The van der Waals surface area contributed by atoms with Crippen molar-refractivity contribution in [2.75, 3.05) is 0 Å². The zero-order valence-electron chi connectivity index (χ0n) is 28.0. The molecule has 0 aromatic heterocycles. The Labute approximate surface area is 258 Å². The summed E-state index contributed by atoms with van der Waals surface area (Å²) in [5, 5.41) is 0. The minimum Gasteiger partial charge on any atom is -0.367 e. The summed E-state index contributed by atoms with van der Waals surface area (Å²) in [6, 6.07) is 0. The van der Waals surface area contributed by atoms with Crippen LogP contribution in [0.25, 0.3) is 0 Å². The second-order valence-electron chi connectivity index (χ2n) is 13.0. The van der Waals surface area contributed by atoms with Gasteiger partial charge in [0.05, 0.1) is 23.4 Å². The average molecular weight is 569 g/mol. The van der Waals surface area contributed by atoms with Gasteiger partial charge in [-0.25, -0.2) is 0 Å². The largest absolute Gasteiger partial charge is 0.367 e. The number of rotatable bonds is 16. The van der Waals surface area contributed by atoms with Gasteiger partial charge in [0.15, 0.2) is 0 Å². The van der Waals surface area contributed by atoms with E-state index in [9.17, 15) is 0 Å². The summed E-state index contributed by atoms with van der Waals surface area (Å²) in [5.74, 6) is 0. The monoisotopic (exact) mass is 568 g/mol. The molecule has 228 valence electrons. The molecular weight excluding hydrogens is 512 g/mol. The zero-order chi connectivity index (χ0) is 31.2. The van der Waals surface area contributed by atoms with E-state index in [4.69, 9.17) is 9.47 Å². The molecule has 2 fully saturated rings. The van der Waals surface area contributed by atoms with Crippen LogP contribution in [0.1, 0.15) is 94.9 Å². The molecule has 2 heterocycles. The maximum Gasteiger partial charge on any atom is 0.0892 e. The van der Waals surface area contributed by atoms with Crippen LogP contribution < -0.4 is 0 Å². The summed E-state index contributed by atoms with van der Waals surface area (Å²) in [4.78, 5) is 0. The van der Waals surface area contributed by atoms with Crippen molar-refractivity contribution in [2.45, 2.75) is 118 Å². The second-order valence-corrected chi connectivity index (χ2v) is 13.0. The Morgan fingerprint density at radius 1 is 0.452 bits per heavy atom. The van der Waals surface area contributed by atoms with Crippen LogP contribution in [0.4, 0.5) is 0 Å². The SMILES string of the molecule is CC(/C=C\C=C(/C)CC[C@H]1OC1(C)C)=C\C=C\C(C)=C\C=C\C=C(C)\C=C\C=C(C)\C=C\C=C(/C)CC[C@H]1OC1(C)C. The van der Waals surface area contributed by atoms with Crippen molar-refractivity contribution >= 4 is 0 Å². The molecule has 2 aliphatic rings. The number of hydrogen-bond acceptors (Lipinski definition) is 2. The molecular formula is C40H56O2. The molecule has 2 heteroatoms. The Hall–Kier alpha value is -2.94. The molecule has 0 N–H and O–H groups in total. The molecule has 2 aliphatic heterocycles. The van der Waals surface area contributed by atoms with Gasteiger partial charge < -0.3 is 9.47 Å². The third-order valence-electron chi connectivity index (χ3n) is 7.68. The number of epoxide rings is 2. The third kappa shape index (κ3) is 15.3. The van der Waals surface area contributed by atoms with Crippen LogP contribution in [0, 0.1) is 0 Å². The van der Waals surface area contributed by atoms with Crippen molar-refractivity contribution in [2.24, 2.45) is 0 Å². The molecule has 0 radical (unpaired) electrons. The summed E-state index contributed by atoms with van der Waals surface area (Å²) in [6.07, 6.45) is 39.5. The zero-order valence-corrected chi connectivity index (χ0v) is 28.0. The quantitative estimate of drug-likeness (QED) is 0.137. The summed E-state index contributed by atoms with van der Waals surface area (Å²) >= 11 is 0. The smallest absolute Gasteiger partial charge is 0.0892 e. The van der Waals surface area contributed by atoms with E-state index in [0.29, 0.717) is 12.2 Å². The van der Waals surface area contributed by atoms with Gasteiger partial charge >= 0.3 is 0 Å². The lowest BCUT2D eigenvalue weighted by molar-refractivity contribution is 0.319. The van der Waals surface area contributed by atoms with Crippen molar-refractivity contribution in [1.29, 1.82) is 0 Å². The molecule has 2 saturated heterocycles. The molecule has 0 bridgehead atoms. The van der Waals surface area contributed by atoms with Gasteiger partial charge in [0, 0.05) is 0 Å². The Morgan fingerprint density at radius 2 is 0.714 bits per heavy atom. The maximum absolute atomic E-state index is 5.67. The van der Waals surface area contributed by atoms with Crippen molar-refractivity contribution in [3.05, 3.63) is 131 Å². The molecule has 0 aromatic rings. The fourth-order valence-corrected chi connectivity index (χ4v) is 4.43. The van der Waals surface area contributed by atoms with Gasteiger partial charge in [-0.3, -0.25) is 0 Å². The van der Waals surface area contributed by atoms with E-state index in [1.807, 2.05) is 0 Å². The second kappa shape index (κ2) is 17.2. The lowest BCUT2D eigenvalue weighted by Gasteiger charge is -1.98. The highest BCUT2D eigenvalue weighted by Gasteiger charge is 2.47. The van der Waals surface area contributed by atoms with Gasteiger partial charge in [0.1, 0.15) is 0 Å². The van der Waals surface area contributed by atoms with Gasteiger partial charge in [-0.2, -0.15) is 0 Å². The first-order valence-electron chi connectivity index (χ1n) is 15.5. The average Bonchev–Trinajstić information content (AvgIpc) is 3.75. The van der Waals surface area contributed by atoms with Crippen LogP contribution in [0.15, 0.2) is 131 Å². The maximum atomic E-state index is 5.67. The van der Waals surface area contributed by atoms with Gasteiger partial charge in [-0.05, 0) is 94.9 Å². The lowest BCUT2D eigenvalue weighted by atomic mass is 10.0. The molecule has 0 unspecified atom stereocenters. The molecule has 0 amide bonds. The van der Waals surface area contributed by atoms with E-state index in [-0.39, 0.29) is 11.2 Å². The minimum atomic E-state index is 0.0907. The number of hydrogen-bond donors (Lipinski definition) is 0. The topological polar surface area (TPSA) is 25.1 Å². The van der Waals surface area contributed by atoms with Crippen molar-refractivity contribution in [3.63, 3.8) is 0 Å². The summed E-state index contributed by atoms with van der Waals surface area (Å²) in [7, 11) is 0. The predicted molar refractivity (Wildman–Crippen MR) is 185 cm³/mol. The van der Waals surface area contributed by atoms with Gasteiger partial charge in [-0.15, -0.1) is 0 Å². The van der Waals surface area contributed by atoms with Crippen LogP contribution in [-0.2, 0) is 9.47 Å². The predicted octanol–water partition coefficient (Wildman–Crippen LogP) is 11.4. The lowest BCUT2D eigenvalue weighted by Crippen LogP contribution is -2.02. The number of ether oxygens (including phenoxy) is 2. The summed E-state index contributed by atoms with van der Waals surface area (Å²) < 4.78 is 11.3. The fourth-order valence-electron chi connectivity index (χ4n) is 4.43. The Morgan fingerprint density at radius 3 is 1.00 bits per heavy atom. The molecule has 2 nitrogen and oxygen atoms in total. The molecule has 0 spiro atoms. The van der Waals surface area contributed by atoms with Gasteiger partial charge in [0.25, 0.3) is 0 Å². The van der Waals surface area contributed by atoms with E-state index in [2.05, 4.69) is 166 Å². The number of allylic oxidation sites excluding steroid dienone is 22. The minimum absolute atomic E-state index is 0.0907. The van der Waals surface area contributed by atoms with E-state index < -0.39 is 0 Å². The van der Waals surface area contributed by atoms with Crippen LogP contribution in [0.3, 0.4) is 0 Å². The Kier molecular flexibility index (Phi) is 14.5. The first kappa shape index (κ1) is 35.3. The molecule has 0 saturated carbocycles. The molecule has 0 aliphatic carbocycles. The van der Waals surface area contributed by atoms with E-state index >= 15 is 0 Å². The standard InChI is InChI=1S/C40H56O2/c1-31(19-13-21-33(3)23-15-25-35(5)27-29-37-39(7,8)41-37)17-11-12-18-32(2)20-14-22-34(4)24-16-26-36(6)28-30-38-40(9,10)42-38/h11-26,37-38H,27-30H2,1-10H3/b12-11+,19-13+,20-14+,23-15-,24-16+,31-17+,32-18+,33-21+,34-22+,35-25+,36-26+/t37-,38-/m1/s1. The summed E-state index contributed by atoms with van der Waals surface area (Å²) in [6.45, 7) is 21.5. The van der Waals surface area contributed by atoms with Gasteiger partial charge in [0.2, 0.25) is 0 Å². The van der Waals surface area contributed by atoms with E-state index in [1.165, 1.54) is 33.4 Å². The molecule has 0 aromatic carbocycles. The first-order valence-corrected chi connectivity index (χ1v) is 15.5. The molecule has 42 heavy (non-hydrogen) atoms. The highest BCUT2D eigenvalue weighted by Crippen LogP contribution is 2.39. The third-order valence-corrected chi connectivity index (χ3v) is 7.68. The fraction of sp³-hybridized carbons (Fsp3) is 0.450. The van der Waals surface area contributed by atoms with Crippen molar-refractivity contribution in [3.8, 4) is 0 Å². The molecule has 2 rings (SSSR count). The van der Waals surface area contributed by atoms with Gasteiger partial charge in [-0.1, -0.05) is 131 Å². The highest BCUT2D eigenvalue weighted by atomic mass is 16.6. The van der Waals surface area contributed by atoms with Crippen LogP contribution in [-0.4, -0.2) is 23.4 Å². The van der Waals surface area contributed by atoms with E-state index in [0.717, 1.165) is 25.7 Å². The first-order chi connectivity index (χ1) is 19.8. The van der Waals surface area contributed by atoms with E-state index in [1.54, 1.807) is 0 Å². The Bertz CT molecular complexity index is 1130. The van der Waals surface area contributed by atoms with Crippen molar-refractivity contribution in [1.82, 2.24) is 0 Å². The van der Waals surface area contributed by atoms with Crippen LogP contribution in [0.5, 0.6) is 0 Å². The van der Waals surface area contributed by atoms with Crippen LogP contribution in [0.2, 0.25) is 0 Å². The Balaban J connectivity index is 1.70. The normalized spacial score (nSPS) is 24.0. The molecule has 2 atom stereocenters. The van der Waals surface area contributed by atoms with Crippen molar-refractivity contribution < 1.29 is 9.47 Å².